The van der Waals surface area contributed by atoms with Gasteiger partial charge in [-0.25, -0.2) is 56.1 Å². The fourth-order valence-corrected chi connectivity index (χ4v) is 28.7. The Labute approximate surface area is 782 Å². The topological polar surface area (TPSA) is 1190 Å². The summed E-state index contributed by atoms with van der Waals surface area (Å²) >= 11 is 0. The predicted octanol–water partition coefficient (Wildman–Crippen LogP) is -11.1. The van der Waals surface area contributed by atoms with Crippen molar-refractivity contribution in [1.82, 2.24) is 0 Å². The number of phosphoric acid groups is 18. The van der Waals surface area contributed by atoms with Gasteiger partial charge in [0.1, 0.15) is 85.5 Å². The number of hydrogen-bond donors (Lipinski definition) is 8. The van der Waals surface area contributed by atoms with Crippen LogP contribution in [0.2, 0.25) is 0 Å². The highest BCUT2D eigenvalue weighted by Gasteiger charge is 2.48. The average molecular weight is 2410 g/mol. The molecule has 0 spiro atoms. The second kappa shape index (κ2) is 56.7. The van der Waals surface area contributed by atoms with Crippen LogP contribution in [0.25, 0.3) is 0 Å². The molecule has 6 saturated heterocycles. The molecule has 6 fully saturated rings. The van der Waals surface area contributed by atoms with Crippen molar-refractivity contribution in [1.29, 1.82) is 0 Å². The Balaban J connectivity index is 0.000000834. The summed E-state index contributed by atoms with van der Waals surface area (Å²) in [7, 11) is -94.0. The molecule has 95 heteroatoms. The Hall–Kier alpha value is 1.75. The van der Waals surface area contributed by atoms with Crippen molar-refractivity contribution in [2.24, 2.45) is 5.73 Å². The number of hydrogen-bond acceptors (Lipinski definition) is 76. The highest BCUT2D eigenvalue weighted by atomic mass is 31.3. The first kappa shape index (κ1) is 139. The number of nitrogens with two attached hydrogens (primary N) is 1. The van der Waals surface area contributed by atoms with E-state index in [0.717, 1.165) is 0 Å². The molecule has 0 aromatic rings. The zero-order chi connectivity index (χ0) is 109. The van der Waals surface area contributed by atoms with Crippen molar-refractivity contribution in [2.45, 2.75) is 188 Å². The van der Waals surface area contributed by atoms with Crippen LogP contribution in [-0.2, 0) is 226 Å². The minimum absolute atomic E-state index is 0.244. The van der Waals surface area contributed by atoms with Gasteiger partial charge in [-0.05, 0) is 41.5 Å². The van der Waals surface area contributed by atoms with Crippen molar-refractivity contribution in [3.63, 3.8) is 0 Å². The van der Waals surface area contributed by atoms with Crippen molar-refractivity contribution in [2.75, 3.05) is 96.5 Å². The van der Waals surface area contributed by atoms with Crippen LogP contribution >= 0.6 is 141 Å². The second-order valence-electron chi connectivity index (χ2n) is 26.5. The average Bonchev–Trinajstić information content (AvgIpc) is 1.69. The summed E-state index contributed by atoms with van der Waals surface area (Å²) < 4.78 is 343. The highest BCUT2D eigenvalue weighted by molar-refractivity contribution is 7.68. The number of alkyl halides is 1. The van der Waals surface area contributed by atoms with Crippen LogP contribution in [0.4, 0.5) is 4.39 Å². The van der Waals surface area contributed by atoms with Gasteiger partial charge in [-0.2, -0.15) is 0 Å². The molecule has 0 amide bonds. The molecule has 0 aromatic heterocycles. The second-order valence-corrected chi connectivity index (χ2v) is 54.1. The van der Waals surface area contributed by atoms with E-state index in [9.17, 15) is 210 Å². The van der Waals surface area contributed by atoms with E-state index in [4.69, 9.17) is 43.6 Å². The van der Waals surface area contributed by atoms with E-state index >= 15 is 0 Å². The molecule has 9 N–H and O–H groups in total. The highest BCUT2D eigenvalue weighted by Crippen LogP contribution is 2.69. The van der Waals surface area contributed by atoms with Crippen LogP contribution in [0, 0.1) is 0 Å². The lowest BCUT2D eigenvalue weighted by atomic mass is 10.1. The van der Waals surface area contributed by atoms with Gasteiger partial charge in [0, 0.05) is 63.3 Å². The maximum Gasteiger partial charge on any atom is 0.280 e. The molecule has 0 aromatic carbocycles. The number of methoxy groups -OCH3 is 2. The first-order chi connectivity index (χ1) is 62.4. The lowest BCUT2D eigenvalue weighted by molar-refractivity contribution is -0.255. The summed E-state index contributed by atoms with van der Waals surface area (Å²) in [6.07, 6.45) is -23.3. The lowest BCUT2D eigenvalue weighted by Gasteiger charge is -2.34. The summed E-state index contributed by atoms with van der Waals surface area (Å²) in [5, 5.41) is 67.0. The van der Waals surface area contributed by atoms with E-state index in [2.05, 4.69) is 106 Å². The van der Waals surface area contributed by atoms with E-state index in [1.54, 1.807) is 13.8 Å². The largest absolute Gasteiger partial charge is 0.756 e. The number of phosphoric ester groups is 12. The van der Waals surface area contributed by atoms with Crippen molar-refractivity contribution >= 4 is 141 Å². The van der Waals surface area contributed by atoms with E-state index in [0.29, 0.717) is 42.7 Å². The Kier molecular flexibility index (Phi) is 56.6. The number of aliphatic hydroxyl groups excluding tert-OH is 7. The maximum absolute atomic E-state index is 13.3. The van der Waals surface area contributed by atoms with Gasteiger partial charge in [0.15, 0.2) is 6.17 Å². The molecule has 41 atom stereocenters. The molecule has 76 nitrogen and oxygen atoms in total. The first-order valence-corrected chi connectivity index (χ1v) is 62.2. The summed E-state index contributed by atoms with van der Waals surface area (Å²) in [6.45, 7) is 3.96. The fraction of sp³-hybridized carbons (Fsp3) is 1.00. The standard InChI is InChI=1S/2C8H19O13P3.C7H16FO12P3.C7H18NO12P3.C7H17O13P3.C7H17O12P3/c1-5-8(16-2)7(9)6(19-5)4-18-23(12,13)21-24(14,15)20-22(10,11)17-3;1-5-7(9)8(16-2)6(19-5)4-18-23(12,13)21-24(14,15)20-22(10,11)17-3;3*1-4-6(8)7(9)5(18-4)3-17-22(12,13)20-23(14,15)19-21(10,11)16-2;1-5-3-6(8)7(17-5)4-16-21(11,12)19-22(13,14)18-20(9,10)15-2/h2*5-9H,4H2,1-3H3,(H,10,11)(H,12,13)(H,14,15);4-7,9H,3H2,1-2H3,(H,10,11)(H,12,13)(H,14,15);4-7,9H,3,8H2,1-2H3,(H,10,11)(H,12,13)(H,14,15);4-9H,3H2,1-2H3,(H,10,11)(H,12,13)(H,14,15);5-8H,3-4H2,1-2H3,(H,9,10)(H,11,12)(H,13,14)/p-18/t5-,6+,7?,8+;5-,6+,7+,8?;3*4-,5+,6+,7?;5-,6?,7+/m000000/s1. The third-order valence-corrected chi connectivity index (χ3v) is 40.7. The first-order valence-electron chi connectivity index (χ1n) is 35.9. The molecule has 6 heterocycles. The van der Waals surface area contributed by atoms with Gasteiger partial charge < -0.3 is 222 Å². The number of rotatable bonds is 50. The summed E-state index contributed by atoms with van der Waals surface area (Å²) in [6, 6.07) is -0.794. The van der Waals surface area contributed by atoms with Crippen LogP contribution < -0.4 is 93.8 Å². The van der Waals surface area contributed by atoms with Crippen LogP contribution in [0.3, 0.4) is 0 Å². The van der Waals surface area contributed by atoms with Gasteiger partial charge >= 0.3 is 0 Å². The van der Waals surface area contributed by atoms with E-state index < -0.39 is 315 Å². The third-order valence-electron chi connectivity index (χ3n) is 16.1. The maximum atomic E-state index is 13.3. The van der Waals surface area contributed by atoms with E-state index in [1.165, 1.54) is 41.9 Å². The van der Waals surface area contributed by atoms with E-state index in [-0.39, 0.29) is 12.5 Å². The molecule has 6 aliphatic heterocycles. The molecule has 6 aliphatic rings. The van der Waals surface area contributed by atoms with E-state index in [1.807, 2.05) is 0 Å². The monoisotopic (exact) mass is 2410 g/mol. The third kappa shape index (κ3) is 53.0. The van der Waals surface area contributed by atoms with Crippen molar-refractivity contribution in [3.8, 4) is 0 Å². The quantitative estimate of drug-likeness (QED) is 0.0262. The van der Waals surface area contributed by atoms with Crippen molar-refractivity contribution in [3.05, 3.63) is 0 Å². The minimum atomic E-state index is -5.88. The van der Waals surface area contributed by atoms with Gasteiger partial charge in [-0.15, -0.1) is 0 Å². The predicted molar refractivity (Wildman–Crippen MR) is 395 cm³/mol. The number of halogens is 1. The zero-order valence-corrected chi connectivity index (χ0v) is 88.2. The molecule has 834 valence electrons. The normalized spacial score (nSPS) is 35.4. The molecular formula is C44H88FNO75P18-18. The molecule has 0 aliphatic carbocycles. The van der Waals surface area contributed by atoms with Gasteiger partial charge in [-0.1, -0.05) is 0 Å². The Morgan fingerprint density at radius 1 is 0.252 bits per heavy atom. The fourth-order valence-electron chi connectivity index (χ4n) is 9.95. The molecule has 139 heavy (non-hydrogen) atoms. The molecule has 24 unspecified atom stereocenters. The zero-order valence-electron chi connectivity index (χ0n) is 72.1. The Morgan fingerprint density at radius 3 is 0.683 bits per heavy atom. The van der Waals surface area contributed by atoms with Crippen LogP contribution in [0.1, 0.15) is 48.0 Å². The van der Waals surface area contributed by atoms with Crippen molar-refractivity contribution < 1.29 is 354 Å². The van der Waals surface area contributed by atoms with Gasteiger partial charge in [0.05, 0.1) is 88.4 Å². The van der Waals surface area contributed by atoms with Gasteiger partial charge in [0.25, 0.3) is 141 Å². The number of aliphatic hydroxyl groups is 7. The van der Waals surface area contributed by atoms with Gasteiger partial charge in [0.2, 0.25) is 0 Å². The lowest BCUT2D eigenvalue weighted by Crippen LogP contribution is -2.40. The van der Waals surface area contributed by atoms with Crippen LogP contribution in [-0.4, -0.2) is 273 Å². The molecule has 0 bridgehead atoms. The molecular weight excluding hydrogens is 2320 g/mol. The molecule has 0 radical (unpaired) electrons. The Bertz CT molecular complexity index is 4580. The van der Waals surface area contributed by atoms with Gasteiger partial charge in [-0.3, -0.25) is 82.2 Å². The smallest absolute Gasteiger partial charge is 0.280 e. The number of ether oxygens (including phenoxy) is 8. The molecule has 0 saturated carbocycles. The summed E-state index contributed by atoms with van der Waals surface area (Å²) in [5.41, 5.74) is 5.53. The Morgan fingerprint density at radius 2 is 0.468 bits per heavy atom. The SMILES string of the molecule is COC1[C@@H](COP(=O)([O-])OP(=O)([O-])OP(=O)([O-])OC)O[C@@H](C)[C@H]1O.COP(=O)([O-])OP(=O)([O-])OP(=O)([O-])OC[C@H]1O[C@@H](C)CC1O.COP(=O)([O-])OP(=O)([O-])OP(=O)([O-])OC[C@H]1O[C@@H](C)[C@@H](F)C1O.COP(=O)([O-])OP(=O)([O-])OP(=O)([O-])OC[C@H]1O[C@@H](C)[C@@H](N)C1O.COP(=O)([O-])OP(=O)([O-])OP(=O)([O-])OC[C@H]1O[C@@H](C)[C@@H](O)C1O.CO[C@H]1C(O)[C@@H](COP(=O)([O-])OP(=O)([O-])OP(=O)([O-])OC)O[C@H]1C. The summed E-state index contributed by atoms with van der Waals surface area (Å²) in [5.74, 6) is 0. The van der Waals surface area contributed by atoms with Crippen LogP contribution in [0.5, 0.6) is 0 Å². The van der Waals surface area contributed by atoms with Crippen LogP contribution in [0.15, 0.2) is 0 Å². The molecule has 6 rings (SSSR count). The minimum Gasteiger partial charge on any atom is -0.756 e. The summed E-state index contributed by atoms with van der Waals surface area (Å²) in [4.78, 5) is 200.